The fourth-order valence-electron chi connectivity index (χ4n) is 1.65. The molecular weight excluding hydrogens is 298 g/mol. The summed E-state index contributed by atoms with van der Waals surface area (Å²) in [5.74, 6) is -0.978. The first kappa shape index (κ1) is 16.9. The van der Waals surface area contributed by atoms with E-state index in [4.69, 9.17) is 0 Å². The lowest BCUT2D eigenvalue weighted by Crippen LogP contribution is -2.20. The van der Waals surface area contributed by atoms with Crippen LogP contribution in [0.4, 0.5) is 17.6 Å². The molecule has 0 radical (unpaired) electrons. The van der Waals surface area contributed by atoms with E-state index >= 15 is 0 Å². The Morgan fingerprint density at radius 3 is 2.45 bits per heavy atom. The normalized spacial score (nSPS) is 12.7. The van der Waals surface area contributed by atoms with Crippen molar-refractivity contribution in [2.24, 2.45) is 0 Å². The van der Waals surface area contributed by atoms with E-state index in [1.54, 1.807) is 0 Å². The van der Waals surface area contributed by atoms with E-state index in [-0.39, 0.29) is 24.4 Å². The molecule has 0 atom stereocenters. The summed E-state index contributed by atoms with van der Waals surface area (Å²) in [6, 6.07) is 2.48. The van der Waals surface area contributed by atoms with Gasteiger partial charge in [-0.05, 0) is 30.7 Å². The van der Waals surface area contributed by atoms with Crippen molar-refractivity contribution in [1.29, 1.82) is 0 Å². The van der Waals surface area contributed by atoms with E-state index in [1.807, 2.05) is 0 Å². The number of hydrogen-bond acceptors (Lipinski definition) is 3. The Kier molecular flexibility index (Phi) is 5.52. The van der Waals surface area contributed by atoms with Crippen LogP contribution in [-0.2, 0) is 22.6 Å². The topological polar surface area (TPSA) is 46.2 Å². The molecule has 8 heteroatoms. The number of benzene rings is 1. The van der Waals surface area contributed by atoms with Gasteiger partial charge in [-0.3, -0.25) is 0 Å². The fourth-order valence-corrected chi connectivity index (χ4v) is 2.32. The van der Waals surface area contributed by atoms with Gasteiger partial charge < -0.3 is 5.32 Å². The molecule has 0 aromatic heterocycles. The molecule has 0 spiro atoms. The number of alkyl halides is 3. The van der Waals surface area contributed by atoms with Gasteiger partial charge in [0.2, 0.25) is 0 Å². The first-order valence-electron chi connectivity index (χ1n) is 5.83. The van der Waals surface area contributed by atoms with Crippen LogP contribution in [0.2, 0.25) is 0 Å². The lowest BCUT2D eigenvalue weighted by Gasteiger charge is -2.13. The standard InChI is InChI=1S/C12H15F4NO2S/c1-20(18,19)6-2-5-17-8-9-3-4-10(13)7-11(9)12(14,15)16/h3-4,7,17H,2,5-6,8H2,1H3. The van der Waals surface area contributed by atoms with Gasteiger partial charge in [-0.2, -0.15) is 13.2 Å². The SMILES string of the molecule is CS(=O)(=O)CCCNCc1ccc(F)cc1C(F)(F)F. The minimum absolute atomic E-state index is 0.0322. The Morgan fingerprint density at radius 2 is 1.90 bits per heavy atom. The second-order valence-electron chi connectivity index (χ2n) is 4.46. The maximum Gasteiger partial charge on any atom is 0.416 e. The van der Waals surface area contributed by atoms with Crippen molar-refractivity contribution >= 4 is 9.84 Å². The lowest BCUT2D eigenvalue weighted by atomic mass is 10.1. The quantitative estimate of drug-likeness (QED) is 0.648. The summed E-state index contributed by atoms with van der Waals surface area (Å²) in [6.07, 6.45) is -3.22. The third-order valence-corrected chi connectivity index (χ3v) is 3.59. The van der Waals surface area contributed by atoms with Crippen LogP contribution >= 0.6 is 0 Å². The lowest BCUT2D eigenvalue weighted by molar-refractivity contribution is -0.138. The van der Waals surface area contributed by atoms with Crippen LogP contribution < -0.4 is 5.32 Å². The molecule has 1 rings (SSSR count). The molecule has 0 aliphatic carbocycles. The molecule has 1 N–H and O–H groups in total. The third kappa shape index (κ3) is 5.87. The summed E-state index contributed by atoms with van der Waals surface area (Å²) in [5, 5.41) is 2.72. The third-order valence-electron chi connectivity index (χ3n) is 2.56. The summed E-state index contributed by atoms with van der Waals surface area (Å²) in [5.41, 5.74) is -1.09. The van der Waals surface area contributed by atoms with E-state index in [0.717, 1.165) is 18.4 Å². The zero-order valence-corrected chi connectivity index (χ0v) is 11.6. The van der Waals surface area contributed by atoms with Gasteiger partial charge in [-0.1, -0.05) is 6.07 Å². The van der Waals surface area contributed by atoms with Gasteiger partial charge in [-0.15, -0.1) is 0 Å². The van der Waals surface area contributed by atoms with Gasteiger partial charge in [0.05, 0.1) is 11.3 Å². The van der Waals surface area contributed by atoms with Crippen molar-refractivity contribution in [2.45, 2.75) is 19.1 Å². The predicted octanol–water partition coefficient (Wildman–Crippen LogP) is 2.37. The number of rotatable bonds is 6. The monoisotopic (exact) mass is 313 g/mol. The smallest absolute Gasteiger partial charge is 0.313 e. The van der Waals surface area contributed by atoms with Crippen LogP contribution in [0.25, 0.3) is 0 Å². The van der Waals surface area contributed by atoms with E-state index in [0.29, 0.717) is 12.5 Å². The Labute approximate surface area is 114 Å². The minimum atomic E-state index is -4.62. The van der Waals surface area contributed by atoms with Crippen LogP contribution in [0, 0.1) is 5.82 Å². The molecule has 1 aromatic carbocycles. The maximum atomic E-state index is 12.9. The number of hydrogen-bond donors (Lipinski definition) is 1. The van der Waals surface area contributed by atoms with Crippen molar-refractivity contribution in [2.75, 3.05) is 18.6 Å². The first-order chi connectivity index (χ1) is 9.09. The summed E-state index contributed by atoms with van der Waals surface area (Å²) in [7, 11) is -3.08. The van der Waals surface area contributed by atoms with Crippen molar-refractivity contribution in [3.05, 3.63) is 35.1 Å². The minimum Gasteiger partial charge on any atom is -0.313 e. The molecular formula is C12H15F4NO2S. The molecule has 0 unspecified atom stereocenters. The van der Waals surface area contributed by atoms with E-state index in [9.17, 15) is 26.0 Å². The highest BCUT2D eigenvalue weighted by Crippen LogP contribution is 2.32. The van der Waals surface area contributed by atoms with Crippen LogP contribution in [0.1, 0.15) is 17.5 Å². The van der Waals surface area contributed by atoms with Crippen molar-refractivity contribution in [1.82, 2.24) is 5.32 Å². The molecule has 0 bridgehead atoms. The second-order valence-corrected chi connectivity index (χ2v) is 6.72. The molecule has 0 aliphatic rings. The van der Waals surface area contributed by atoms with Gasteiger partial charge in [0.15, 0.2) is 0 Å². The Balaban J connectivity index is 2.60. The van der Waals surface area contributed by atoms with E-state index in [1.165, 1.54) is 0 Å². The van der Waals surface area contributed by atoms with Gasteiger partial charge in [0.1, 0.15) is 15.7 Å². The summed E-state index contributed by atoms with van der Waals surface area (Å²) in [4.78, 5) is 0. The largest absolute Gasteiger partial charge is 0.416 e. The average Bonchev–Trinajstić information content (AvgIpc) is 2.27. The summed E-state index contributed by atoms with van der Waals surface area (Å²) in [6.45, 7) is 0.167. The first-order valence-corrected chi connectivity index (χ1v) is 7.90. The van der Waals surface area contributed by atoms with E-state index < -0.39 is 27.4 Å². The summed E-state index contributed by atoms with van der Waals surface area (Å²) >= 11 is 0. The van der Waals surface area contributed by atoms with Crippen LogP contribution in [0.3, 0.4) is 0 Å². The Hall–Kier alpha value is -1.15. The highest BCUT2D eigenvalue weighted by atomic mass is 32.2. The van der Waals surface area contributed by atoms with Crippen molar-refractivity contribution in [3.8, 4) is 0 Å². The molecule has 1 aromatic rings. The Bertz CT molecular complexity index is 555. The Morgan fingerprint density at radius 1 is 1.25 bits per heavy atom. The van der Waals surface area contributed by atoms with Crippen molar-refractivity contribution in [3.63, 3.8) is 0 Å². The van der Waals surface area contributed by atoms with Crippen molar-refractivity contribution < 1.29 is 26.0 Å². The van der Waals surface area contributed by atoms with Crippen LogP contribution in [0.15, 0.2) is 18.2 Å². The molecule has 114 valence electrons. The summed E-state index contributed by atoms with van der Waals surface area (Å²) < 4.78 is 72.7. The second kappa shape index (κ2) is 6.53. The average molecular weight is 313 g/mol. The molecule has 0 fully saturated rings. The molecule has 0 heterocycles. The molecule has 20 heavy (non-hydrogen) atoms. The molecule has 0 amide bonds. The number of nitrogens with one attached hydrogen (secondary N) is 1. The zero-order chi connectivity index (χ0) is 15.4. The molecule has 0 aliphatic heterocycles. The maximum absolute atomic E-state index is 12.9. The highest BCUT2D eigenvalue weighted by Gasteiger charge is 2.33. The number of halogens is 4. The van der Waals surface area contributed by atoms with Gasteiger partial charge in [-0.25, -0.2) is 12.8 Å². The van der Waals surface area contributed by atoms with Gasteiger partial charge in [0, 0.05) is 12.8 Å². The predicted molar refractivity (Wildman–Crippen MR) is 67.4 cm³/mol. The van der Waals surface area contributed by atoms with Crippen LogP contribution in [-0.4, -0.2) is 27.0 Å². The van der Waals surface area contributed by atoms with Crippen LogP contribution in [0.5, 0.6) is 0 Å². The fraction of sp³-hybridized carbons (Fsp3) is 0.500. The molecule has 0 saturated carbocycles. The van der Waals surface area contributed by atoms with Gasteiger partial charge >= 0.3 is 6.18 Å². The number of sulfone groups is 1. The van der Waals surface area contributed by atoms with Gasteiger partial charge in [0.25, 0.3) is 0 Å². The molecule has 0 saturated heterocycles. The molecule has 3 nitrogen and oxygen atoms in total. The highest BCUT2D eigenvalue weighted by molar-refractivity contribution is 7.90. The zero-order valence-electron chi connectivity index (χ0n) is 10.8. The van der Waals surface area contributed by atoms with E-state index in [2.05, 4.69) is 5.32 Å².